The molecule has 1 aromatic carbocycles. The molecule has 0 saturated heterocycles. The lowest BCUT2D eigenvalue weighted by Crippen LogP contribution is -2.37. The maximum absolute atomic E-state index is 14.6. The number of pyridine rings is 1. The highest BCUT2D eigenvalue weighted by molar-refractivity contribution is 6.33. The Hall–Kier alpha value is -1.69. The van der Waals surface area contributed by atoms with E-state index in [1.807, 2.05) is 13.0 Å². The van der Waals surface area contributed by atoms with E-state index in [-0.39, 0.29) is 29.8 Å². The molecule has 1 unspecified atom stereocenters. The van der Waals surface area contributed by atoms with Crippen LogP contribution in [0.5, 0.6) is 0 Å². The van der Waals surface area contributed by atoms with Crippen LogP contribution in [0.4, 0.5) is 4.39 Å². The Morgan fingerprint density at radius 3 is 2.56 bits per heavy atom. The standard InChI is InChI=1S/C20H22Cl2FNO3/c1-4-12-6-7-13(16(23)10-12)15-11-17(21)24-18(22)14(15)8-9-20(3,26)19(25)27-5-2/h6-7,10-11,26H,4-5,8-9H2,1-3H3. The van der Waals surface area contributed by atoms with Crippen molar-refractivity contribution in [3.05, 3.63) is 51.5 Å². The minimum atomic E-state index is -1.69. The van der Waals surface area contributed by atoms with E-state index in [4.69, 9.17) is 27.9 Å². The van der Waals surface area contributed by atoms with Gasteiger partial charge in [-0.3, -0.25) is 0 Å². The molecule has 0 bridgehead atoms. The molecule has 1 N–H and O–H groups in total. The molecule has 0 radical (unpaired) electrons. The molecule has 7 heteroatoms. The zero-order valence-electron chi connectivity index (χ0n) is 15.5. The molecule has 0 aliphatic rings. The zero-order chi connectivity index (χ0) is 20.2. The lowest BCUT2D eigenvalue weighted by atomic mass is 9.92. The molecule has 2 rings (SSSR count). The summed E-state index contributed by atoms with van der Waals surface area (Å²) in [6.07, 6.45) is 0.944. The first-order chi connectivity index (χ1) is 12.7. The van der Waals surface area contributed by atoms with Gasteiger partial charge in [-0.25, -0.2) is 14.2 Å². The van der Waals surface area contributed by atoms with Gasteiger partial charge in [0.1, 0.15) is 16.1 Å². The second-order valence-corrected chi connectivity index (χ2v) is 7.17. The quantitative estimate of drug-likeness (QED) is 0.512. The van der Waals surface area contributed by atoms with Crippen LogP contribution in [-0.2, 0) is 22.4 Å². The van der Waals surface area contributed by atoms with E-state index in [0.29, 0.717) is 23.1 Å². The highest BCUT2D eigenvalue weighted by Gasteiger charge is 2.32. The van der Waals surface area contributed by atoms with Gasteiger partial charge >= 0.3 is 5.97 Å². The highest BCUT2D eigenvalue weighted by atomic mass is 35.5. The second-order valence-electron chi connectivity index (χ2n) is 6.42. The smallest absolute Gasteiger partial charge is 0.337 e. The molecule has 1 aromatic heterocycles. The van der Waals surface area contributed by atoms with Gasteiger partial charge in [0, 0.05) is 5.56 Å². The second kappa shape index (κ2) is 9.00. The number of hydrogen-bond donors (Lipinski definition) is 1. The molecule has 0 aliphatic heterocycles. The number of carbonyl (C=O) groups is 1. The lowest BCUT2D eigenvalue weighted by Gasteiger charge is -2.22. The number of benzene rings is 1. The number of hydrogen-bond acceptors (Lipinski definition) is 4. The van der Waals surface area contributed by atoms with E-state index in [1.54, 1.807) is 13.0 Å². The normalized spacial score (nSPS) is 13.3. The number of halogens is 3. The first kappa shape index (κ1) is 21.6. The molecule has 0 amide bonds. The summed E-state index contributed by atoms with van der Waals surface area (Å²) in [6, 6.07) is 6.50. The summed E-state index contributed by atoms with van der Waals surface area (Å²) < 4.78 is 19.5. The molecule has 2 aromatic rings. The summed E-state index contributed by atoms with van der Waals surface area (Å²) in [5.74, 6) is -1.12. The van der Waals surface area contributed by atoms with Crippen molar-refractivity contribution in [2.24, 2.45) is 0 Å². The van der Waals surface area contributed by atoms with Gasteiger partial charge in [-0.1, -0.05) is 42.3 Å². The number of aryl methyl sites for hydroxylation is 1. The maximum Gasteiger partial charge on any atom is 0.337 e. The average molecular weight is 414 g/mol. The third-order valence-corrected chi connectivity index (χ3v) is 4.86. The zero-order valence-corrected chi connectivity index (χ0v) is 17.0. The Morgan fingerprint density at radius 1 is 1.26 bits per heavy atom. The van der Waals surface area contributed by atoms with Crippen molar-refractivity contribution in [3.63, 3.8) is 0 Å². The number of rotatable bonds is 7. The van der Waals surface area contributed by atoms with Gasteiger partial charge in [-0.2, -0.15) is 0 Å². The van der Waals surface area contributed by atoms with E-state index >= 15 is 0 Å². The monoisotopic (exact) mass is 413 g/mol. The molecule has 0 spiro atoms. The van der Waals surface area contributed by atoms with Crippen molar-refractivity contribution in [1.82, 2.24) is 4.98 Å². The van der Waals surface area contributed by atoms with E-state index in [1.165, 1.54) is 19.1 Å². The van der Waals surface area contributed by atoms with Crippen molar-refractivity contribution in [2.45, 2.75) is 45.6 Å². The van der Waals surface area contributed by atoms with Crippen molar-refractivity contribution in [2.75, 3.05) is 6.61 Å². The van der Waals surface area contributed by atoms with Crippen LogP contribution in [0, 0.1) is 5.82 Å². The number of carbonyl (C=O) groups excluding carboxylic acids is 1. The van der Waals surface area contributed by atoms with Crippen LogP contribution in [0.2, 0.25) is 10.3 Å². The highest BCUT2D eigenvalue weighted by Crippen LogP contribution is 2.34. The Morgan fingerprint density at radius 2 is 1.96 bits per heavy atom. The van der Waals surface area contributed by atoms with Crippen molar-refractivity contribution < 1.29 is 19.0 Å². The van der Waals surface area contributed by atoms with Gasteiger partial charge in [-0.05, 0) is 61.9 Å². The van der Waals surface area contributed by atoms with E-state index in [0.717, 1.165) is 5.56 Å². The Bertz CT molecular complexity index is 840. The third kappa shape index (κ3) is 5.18. The molecule has 1 heterocycles. The number of esters is 1. The first-order valence-electron chi connectivity index (χ1n) is 8.72. The molecular formula is C20H22Cl2FNO3. The summed E-state index contributed by atoms with van der Waals surface area (Å²) in [4.78, 5) is 15.9. The number of nitrogens with zero attached hydrogens (tertiary/aromatic N) is 1. The minimum absolute atomic E-state index is 0.0382. The Labute approximate surface area is 168 Å². The van der Waals surface area contributed by atoms with Gasteiger partial charge in [0.05, 0.1) is 6.61 Å². The SMILES string of the molecule is CCOC(=O)C(C)(O)CCc1c(-c2ccc(CC)cc2F)cc(Cl)nc1Cl. The molecule has 27 heavy (non-hydrogen) atoms. The fraction of sp³-hybridized carbons (Fsp3) is 0.400. The largest absolute Gasteiger partial charge is 0.464 e. The topological polar surface area (TPSA) is 59.4 Å². The Balaban J connectivity index is 2.42. The summed E-state index contributed by atoms with van der Waals surface area (Å²) in [7, 11) is 0. The predicted octanol–water partition coefficient (Wildman–Crippen LogP) is 5.00. The van der Waals surface area contributed by atoms with Crippen molar-refractivity contribution in [3.8, 4) is 11.1 Å². The van der Waals surface area contributed by atoms with Gasteiger partial charge in [0.25, 0.3) is 0 Å². The van der Waals surface area contributed by atoms with Crippen LogP contribution >= 0.6 is 23.2 Å². The number of aromatic nitrogens is 1. The Kier molecular flexibility index (Phi) is 7.20. The number of aliphatic hydroxyl groups is 1. The van der Waals surface area contributed by atoms with Crippen LogP contribution in [0.3, 0.4) is 0 Å². The van der Waals surface area contributed by atoms with E-state index < -0.39 is 17.4 Å². The van der Waals surface area contributed by atoms with Crippen LogP contribution in [0.25, 0.3) is 11.1 Å². The summed E-state index contributed by atoms with van der Waals surface area (Å²) in [6.45, 7) is 5.14. The number of ether oxygens (including phenoxy) is 1. The lowest BCUT2D eigenvalue weighted by molar-refractivity contribution is -0.163. The molecule has 1 atom stereocenters. The van der Waals surface area contributed by atoms with Crippen LogP contribution in [-0.4, -0.2) is 28.3 Å². The summed E-state index contributed by atoms with van der Waals surface area (Å²) >= 11 is 12.3. The fourth-order valence-electron chi connectivity index (χ4n) is 2.74. The van der Waals surface area contributed by atoms with Crippen LogP contribution < -0.4 is 0 Å². The van der Waals surface area contributed by atoms with Gasteiger partial charge in [0.15, 0.2) is 5.60 Å². The average Bonchev–Trinajstić information content (AvgIpc) is 2.60. The molecular weight excluding hydrogens is 392 g/mol. The van der Waals surface area contributed by atoms with Gasteiger partial charge < -0.3 is 9.84 Å². The molecule has 0 fully saturated rings. The molecule has 0 aliphatic carbocycles. The fourth-order valence-corrected chi connectivity index (χ4v) is 3.27. The third-order valence-electron chi connectivity index (χ3n) is 4.35. The maximum atomic E-state index is 14.6. The summed E-state index contributed by atoms with van der Waals surface area (Å²) in [5.41, 5.74) is 0.507. The minimum Gasteiger partial charge on any atom is -0.464 e. The van der Waals surface area contributed by atoms with E-state index in [2.05, 4.69) is 4.98 Å². The first-order valence-corrected chi connectivity index (χ1v) is 9.48. The van der Waals surface area contributed by atoms with Crippen molar-refractivity contribution >= 4 is 29.2 Å². The van der Waals surface area contributed by atoms with Gasteiger partial charge in [-0.15, -0.1) is 0 Å². The molecule has 4 nitrogen and oxygen atoms in total. The van der Waals surface area contributed by atoms with E-state index in [9.17, 15) is 14.3 Å². The molecule has 0 saturated carbocycles. The van der Waals surface area contributed by atoms with Gasteiger partial charge in [0.2, 0.25) is 0 Å². The van der Waals surface area contributed by atoms with Crippen molar-refractivity contribution in [1.29, 1.82) is 0 Å². The molecule has 146 valence electrons. The van der Waals surface area contributed by atoms with Crippen LogP contribution in [0.15, 0.2) is 24.3 Å². The summed E-state index contributed by atoms with van der Waals surface area (Å²) in [5, 5.41) is 10.6. The van der Waals surface area contributed by atoms with Crippen LogP contribution in [0.1, 0.15) is 38.3 Å². The predicted molar refractivity (Wildman–Crippen MR) is 105 cm³/mol.